The molecule has 1 N–H and O–H groups in total. The van der Waals surface area contributed by atoms with Crippen LogP contribution in [0.15, 0.2) is 29.2 Å². The van der Waals surface area contributed by atoms with Crippen LogP contribution in [-0.2, 0) is 9.53 Å². The Morgan fingerprint density at radius 1 is 1.50 bits per heavy atom. The zero-order valence-electron chi connectivity index (χ0n) is 8.73. The van der Waals surface area contributed by atoms with E-state index >= 15 is 0 Å². The van der Waals surface area contributed by atoms with Crippen molar-refractivity contribution in [1.82, 2.24) is 5.32 Å². The summed E-state index contributed by atoms with van der Waals surface area (Å²) in [6, 6.07) is 6.72. The van der Waals surface area contributed by atoms with Crippen molar-refractivity contribution in [2.24, 2.45) is 0 Å². The van der Waals surface area contributed by atoms with E-state index in [2.05, 4.69) is 10.1 Å². The third kappa shape index (κ3) is 2.04. The molecule has 4 nitrogen and oxygen atoms in total. The van der Waals surface area contributed by atoms with Crippen LogP contribution < -0.4 is 5.32 Å². The van der Waals surface area contributed by atoms with Gasteiger partial charge in [0.2, 0.25) is 0 Å². The van der Waals surface area contributed by atoms with E-state index in [1.54, 1.807) is 12.1 Å². The summed E-state index contributed by atoms with van der Waals surface area (Å²) in [5.74, 6) is -0.139. The standard InChI is InChI=1S/C11H11NO3S/c1-15-11(14)8-6-16-9-5-3-2-4-7(9)10(13)12-8/h2-5,8H,6H2,1H3,(H,12,13). The number of esters is 1. The highest BCUT2D eigenvalue weighted by Gasteiger charge is 2.27. The summed E-state index contributed by atoms with van der Waals surface area (Å²) >= 11 is 1.48. The van der Waals surface area contributed by atoms with Crippen LogP contribution in [0.2, 0.25) is 0 Å². The molecule has 0 aromatic heterocycles. The third-order valence-electron chi connectivity index (χ3n) is 2.33. The lowest BCUT2D eigenvalue weighted by molar-refractivity contribution is -0.142. The predicted molar refractivity (Wildman–Crippen MR) is 60.4 cm³/mol. The summed E-state index contributed by atoms with van der Waals surface area (Å²) in [6.07, 6.45) is 0. The van der Waals surface area contributed by atoms with Crippen LogP contribution in [0.25, 0.3) is 0 Å². The monoisotopic (exact) mass is 237 g/mol. The number of rotatable bonds is 1. The van der Waals surface area contributed by atoms with Crippen molar-refractivity contribution >= 4 is 23.6 Å². The van der Waals surface area contributed by atoms with Crippen molar-refractivity contribution < 1.29 is 14.3 Å². The van der Waals surface area contributed by atoms with E-state index in [9.17, 15) is 9.59 Å². The van der Waals surface area contributed by atoms with Gasteiger partial charge in [-0.3, -0.25) is 4.79 Å². The Morgan fingerprint density at radius 3 is 3.00 bits per heavy atom. The van der Waals surface area contributed by atoms with E-state index in [-0.39, 0.29) is 5.91 Å². The Labute approximate surface area is 97.4 Å². The first-order chi connectivity index (χ1) is 7.72. The second-order valence-electron chi connectivity index (χ2n) is 3.36. The van der Waals surface area contributed by atoms with Crippen LogP contribution in [0.5, 0.6) is 0 Å². The smallest absolute Gasteiger partial charge is 0.329 e. The molecular formula is C11H11NO3S. The Morgan fingerprint density at radius 2 is 2.25 bits per heavy atom. The van der Waals surface area contributed by atoms with Gasteiger partial charge in [-0.1, -0.05) is 12.1 Å². The predicted octanol–water partition coefficient (Wildman–Crippen LogP) is 1.06. The topological polar surface area (TPSA) is 55.4 Å². The number of hydrogen-bond acceptors (Lipinski definition) is 4. The molecule has 2 rings (SSSR count). The van der Waals surface area contributed by atoms with E-state index < -0.39 is 12.0 Å². The molecule has 0 bridgehead atoms. The van der Waals surface area contributed by atoms with Gasteiger partial charge in [-0.25, -0.2) is 4.79 Å². The van der Waals surface area contributed by atoms with Gasteiger partial charge in [0.25, 0.3) is 5.91 Å². The number of benzene rings is 1. The van der Waals surface area contributed by atoms with Crippen molar-refractivity contribution in [2.75, 3.05) is 12.9 Å². The Hall–Kier alpha value is -1.49. The lowest BCUT2D eigenvalue weighted by atomic mass is 10.2. The van der Waals surface area contributed by atoms with Gasteiger partial charge in [0.1, 0.15) is 6.04 Å². The molecule has 5 heteroatoms. The normalized spacial score (nSPS) is 19.3. The molecule has 0 fully saturated rings. The number of methoxy groups -OCH3 is 1. The van der Waals surface area contributed by atoms with E-state index in [1.807, 2.05) is 12.1 Å². The fraction of sp³-hybridized carbons (Fsp3) is 0.273. The van der Waals surface area contributed by atoms with Crippen molar-refractivity contribution in [3.05, 3.63) is 29.8 Å². The number of nitrogens with one attached hydrogen (secondary N) is 1. The summed E-state index contributed by atoms with van der Waals surface area (Å²) in [7, 11) is 1.32. The average Bonchev–Trinajstić information content (AvgIpc) is 2.49. The van der Waals surface area contributed by atoms with Gasteiger partial charge in [0.15, 0.2) is 0 Å². The van der Waals surface area contributed by atoms with Gasteiger partial charge in [-0.05, 0) is 12.1 Å². The van der Waals surface area contributed by atoms with Crippen LogP contribution in [0, 0.1) is 0 Å². The van der Waals surface area contributed by atoms with Gasteiger partial charge < -0.3 is 10.1 Å². The lowest BCUT2D eigenvalue weighted by Gasteiger charge is -2.11. The molecule has 16 heavy (non-hydrogen) atoms. The first-order valence-electron chi connectivity index (χ1n) is 4.83. The summed E-state index contributed by atoms with van der Waals surface area (Å²) in [6.45, 7) is 0. The highest BCUT2D eigenvalue weighted by molar-refractivity contribution is 7.99. The van der Waals surface area contributed by atoms with Gasteiger partial charge in [0, 0.05) is 10.6 Å². The molecule has 84 valence electrons. The summed E-state index contributed by atoms with van der Waals surface area (Å²) < 4.78 is 4.63. The Kier molecular flexibility index (Phi) is 3.14. The molecule has 1 aliphatic rings. The van der Waals surface area contributed by atoms with Gasteiger partial charge >= 0.3 is 5.97 Å². The minimum atomic E-state index is -0.574. The molecular weight excluding hydrogens is 226 g/mol. The molecule has 0 radical (unpaired) electrons. The molecule has 0 saturated carbocycles. The highest BCUT2D eigenvalue weighted by atomic mass is 32.2. The maximum atomic E-state index is 11.8. The van der Waals surface area contributed by atoms with E-state index in [0.717, 1.165) is 4.90 Å². The van der Waals surface area contributed by atoms with Crippen LogP contribution >= 0.6 is 11.8 Å². The molecule has 1 amide bonds. The van der Waals surface area contributed by atoms with Crippen LogP contribution in [-0.4, -0.2) is 30.8 Å². The average molecular weight is 237 g/mol. The maximum absolute atomic E-state index is 11.8. The number of fused-ring (bicyclic) bond motifs is 1. The largest absolute Gasteiger partial charge is 0.467 e. The van der Waals surface area contributed by atoms with E-state index in [1.165, 1.54) is 18.9 Å². The van der Waals surface area contributed by atoms with Gasteiger partial charge in [-0.2, -0.15) is 0 Å². The molecule has 0 saturated heterocycles. The number of hydrogen-bond donors (Lipinski definition) is 1. The third-order valence-corrected chi connectivity index (χ3v) is 3.50. The van der Waals surface area contributed by atoms with Crippen molar-refractivity contribution in [2.45, 2.75) is 10.9 Å². The number of carbonyl (C=O) groups excluding carboxylic acids is 2. The lowest BCUT2D eigenvalue weighted by Crippen LogP contribution is -2.42. The fourth-order valence-corrected chi connectivity index (χ4v) is 2.56. The number of carbonyl (C=O) groups is 2. The summed E-state index contributed by atoms with van der Waals surface area (Å²) in [5.41, 5.74) is 0.610. The van der Waals surface area contributed by atoms with Crippen molar-refractivity contribution in [3.63, 3.8) is 0 Å². The summed E-state index contributed by atoms with van der Waals surface area (Å²) in [5, 5.41) is 2.65. The fourth-order valence-electron chi connectivity index (χ4n) is 1.50. The van der Waals surface area contributed by atoms with Crippen LogP contribution in [0.4, 0.5) is 0 Å². The molecule has 0 spiro atoms. The van der Waals surface area contributed by atoms with Crippen LogP contribution in [0.1, 0.15) is 10.4 Å². The first-order valence-corrected chi connectivity index (χ1v) is 5.81. The Balaban J connectivity index is 2.26. The quantitative estimate of drug-likeness (QED) is 0.742. The zero-order valence-corrected chi connectivity index (χ0v) is 9.54. The molecule has 1 heterocycles. The van der Waals surface area contributed by atoms with Crippen molar-refractivity contribution in [1.29, 1.82) is 0 Å². The molecule has 1 aromatic rings. The van der Waals surface area contributed by atoms with E-state index in [0.29, 0.717) is 11.3 Å². The highest BCUT2D eigenvalue weighted by Crippen LogP contribution is 2.26. The maximum Gasteiger partial charge on any atom is 0.329 e. The minimum Gasteiger partial charge on any atom is -0.467 e. The Bertz CT molecular complexity index is 433. The number of ether oxygens (including phenoxy) is 1. The SMILES string of the molecule is COC(=O)C1CSc2ccccc2C(=O)N1. The van der Waals surface area contributed by atoms with Gasteiger partial charge in [0.05, 0.1) is 12.7 Å². The van der Waals surface area contributed by atoms with Crippen molar-refractivity contribution in [3.8, 4) is 0 Å². The van der Waals surface area contributed by atoms with E-state index in [4.69, 9.17) is 0 Å². The number of thioether (sulfide) groups is 1. The molecule has 1 unspecified atom stereocenters. The molecule has 1 aliphatic heterocycles. The first kappa shape index (κ1) is 11.0. The summed E-state index contributed by atoms with van der Waals surface area (Å²) in [4.78, 5) is 24.1. The molecule has 1 atom stereocenters. The second kappa shape index (κ2) is 4.57. The molecule has 1 aromatic carbocycles. The second-order valence-corrected chi connectivity index (χ2v) is 4.42. The zero-order chi connectivity index (χ0) is 11.5. The van der Waals surface area contributed by atoms with Gasteiger partial charge in [-0.15, -0.1) is 11.8 Å². The minimum absolute atomic E-state index is 0.226. The van der Waals surface area contributed by atoms with Crippen LogP contribution in [0.3, 0.4) is 0 Å². The molecule has 0 aliphatic carbocycles. The number of amides is 1.